The van der Waals surface area contributed by atoms with Gasteiger partial charge in [-0.3, -0.25) is 4.90 Å². The van der Waals surface area contributed by atoms with Gasteiger partial charge in [-0.25, -0.2) is 4.98 Å². The maximum atomic E-state index is 4.07. The lowest BCUT2D eigenvalue weighted by Gasteiger charge is -2.35. The summed E-state index contributed by atoms with van der Waals surface area (Å²) in [6.45, 7) is 4.70. The number of hydrogen-bond donors (Lipinski definition) is 1. The van der Waals surface area contributed by atoms with Crippen LogP contribution in [0, 0.1) is 0 Å². The van der Waals surface area contributed by atoms with E-state index in [1.165, 1.54) is 38.8 Å². The van der Waals surface area contributed by atoms with Crippen LogP contribution < -0.4 is 5.32 Å². The molecule has 0 saturated carbocycles. The Morgan fingerprint density at radius 1 is 1.35 bits per heavy atom. The fourth-order valence-electron chi connectivity index (χ4n) is 2.70. The molecule has 96 valence electrons. The molecule has 1 saturated heterocycles. The van der Waals surface area contributed by atoms with E-state index in [1.54, 1.807) is 0 Å². The molecule has 1 aliphatic rings. The van der Waals surface area contributed by atoms with Crippen LogP contribution in [-0.4, -0.2) is 47.2 Å². The summed E-state index contributed by atoms with van der Waals surface area (Å²) >= 11 is 0. The van der Waals surface area contributed by atoms with Crippen LogP contribution in [0.4, 0.5) is 0 Å². The zero-order valence-electron chi connectivity index (χ0n) is 10.8. The van der Waals surface area contributed by atoms with E-state index in [2.05, 4.69) is 26.8 Å². The number of aryl methyl sites for hydroxylation is 1. The summed E-state index contributed by atoms with van der Waals surface area (Å²) in [6.07, 6.45) is 11.1. The Hall–Kier alpha value is -0.870. The van der Waals surface area contributed by atoms with Crippen LogP contribution in [0.15, 0.2) is 18.7 Å². The van der Waals surface area contributed by atoms with Crippen molar-refractivity contribution in [3.05, 3.63) is 18.7 Å². The Balaban J connectivity index is 1.72. The van der Waals surface area contributed by atoms with Crippen LogP contribution in [0.5, 0.6) is 0 Å². The molecule has 2 rings (SSSR count). The lowest BCUT2D eigenvalue weighted by molar-refractivity contribution is 0.143. The molecular formula is C13H24N4. The molecule has 1 aromatic heterocycles. The summed E-state index contributed by atoms with van der Waals surface area (Å²) in [7, 11) is 2.05. The summed E-state index contributed by atoms with van der Waals surface area (Å²) in [5.74, 6) is 0. The lowest BCUT2D eigenvalue weighted by Crippen LogP contribution is -2.45. The summed E-state index contributed by atoms with van der Waals surface area (Å²) in [5.41, 5.74) is 0. The number of hydrogen-bond acceptors (Lipinski definition) is 3. The van der Waals surface area contributed by atoms with E-state index in [0.29, 0.717) is 0 Å². The predicted octanol–water partition coefficient (Wildman–Crippen LogP) is 1.35. The lowest BCUT2D eigenvalue weighted by atomic mass is 10.0. The fraction of sp³-hybridized carbons (Fsp3) is 0.769. The van der Waals surface area contributed by atoms with Crippen molar-refractivity contribution in [2.45, 2.75) is 38.3 Å². The summed E-state index contributed by atoms with van der Waals surface area (Å²) < 4.78 is 2.16. The van der Waals surface area contributed by atoms with Gasteiger partial charge in [0.05, 0.1) is 6.33 Å². The van der Waals surface area contributed by atoms with Crippen LogP contribution in [-0.2, 0) is 6.54 Å². The van der Waals surface area contributed by atoms with Gasteiger partial charge < -0.3 is 9.88 Å². The molecule has 0 spiro atoms. The molecule has 1 fully saturated rings. The largest absolute Gasteiger partial charge is 0.337 e. The minimum atomic E-state index is 0.747. The summed E-state index contributed by atoms with van der Waals surface area (Å²) in [6, 6.07) is 0.747. The molecule has 1 aliphatic heterocycles. The number of likely N-dealkylation sites (N-methyl/N-ethyl adjacent to an activating group) is 1. The molecular weight excluding hydrogens is 212 g/mol. The zero-order valence-corrected chi connectivity index (χ0v) is 10.8. The number of nitrogens with zero attached hydrogens (tertiary/aromatic N) is 3. The van der Waals surface area contributed by atoms with Gasteiger partial charge in [-0.15, -0.1) is 0 Å². The molecule has 1 aromatic rings. The average Bonchev–Trinajstić information content (AvgIpc) is 2.85. The first kappa shape index (κ1) is 12.6. The van der Waals surface area contributed by atoms with Crippen LogP contribution >= 0.6 is 0 Å². The van der Waals surface area contributed by atoms with Crippen LogP contribution in [0.3, 0.4) is 0 Å². The first-order valence-electron chi connectivity index (χ1n) is 6.74. The molecule has 0 bridgehead atoms. The standard InChI is InChI=1S/C13H24N4/c1-14-11-13-5-2-3-8-17(13)9-4-7-16-10-6-15-12-16/h6,10,12-14H,2-5,7-9,11H2,1H3. The van der Waals surface area contributed by atoms with E-state index in [-0.39, 0.29) is 0 Å². The highest BCUT2D eigenvalue weighted by Gasteiger charge is 2.20. The molecule has 1 unspecified atom stereocenters. The molecule has 4 nitrogen and oxygen atoms in total. The van der Waals surface area contributed by atoms with Crippen LogP contribution in [0.1, 0.15) is 25.7 Å². The Kier molecular flexibility index (Phi) is 5.01. The monoisotopic (exact) mass is 236 g/mol. The molecule has 1 atom stereocenters. The highest BCUT2D eigenvalue weighted by molar-refractivity contribution is 4.79. The van der Waals surface area contributed by atoms with Crippen LogP contribution in [0.25, 0.3) is 0 Å². The Bertz CT molecular complexity index is 294. The van der Waals surface area contributed by atoms with Gasteiger partial charge in [0.1, 0.15) is 0 Å². The number of rotatable bonds is 6. The smallest absolute Gasteiger partial charge is 0.0945 e. The molecule has 4 heteroatoms. The molecule has 0 aliphatic carbocycles. The molecule has 1 N–H and O–H groups in total. The Morgan fingerprint density at radius 2 is 2.29 bits per heavy atom. The molecule has 0 amide bonds. The summed E-state index contributed by atoms with van der Waals surface area (Å²) in [5, 5.41) is 3.31. The van der Waals surface area contributed by atoms with E-state index in [0.717, 1.165) is 19.1 Å². The van der Waals surface area contributed by atoms with Gasteiger partial charge in [0, 0.05) is 38.1 Å². The van der Waals surface area contributed by atoms with E-state index in [1.807, 2.05) is 18.7 Å². The van der Waals surface area contributed by atoms with Gasteiger partial charge in [-0.2, -0.15) is 0 Å². The SMILES string of the molecule is CNCC1CCCCN1CCCn1ccnc1. The second-order valence-electron chi connectivity index (χ2n) is 4.90. The highest BCUT2D eigenvalue weighted by atomic mass is 15.2. The maximum Gasteiger partial charge on any atom is 0.0945 e. The van der Waals surface area contributed by atoms with Crippen LogP contribution in [0.2, 0.25) is 0 Å². The van der Waals surface area contributed by atoms with E-state index >= 15 is 0 Å². The second kappa shape index (κ2) is 6.77. The second-order valence-corrected chi connectivity index (χ2v) is 4.90. The van der Waals surface area contributed by atoms with Crippen molar-refractivity contribution in [2.24, 2.45) is 0 Å². The van der Waals surface area contributed by atoms with Crippen molar-refractivity contribution in [3.63, 3.8) is 0 Å². The molecule has 2 heterocycles. The highest BCUT2D eigenvalue weighted by Crippen LogP contribution is 2.16. The normalized spacial score (nSPS) is 21.8. The number of piperidine rings is 1. The van der Waals surface area contributed by atoms with Crippen molar-refractivity contribution in [2.75, 3.05) is 26.7 Å². The molecule has 0 aromatic carbocycles. The average molecular weight is 236 g/mol. The Labute approximate surface area is 104 Å². The third-order valence-corrected chi connectivity index (χ3v) is 3.61. The predicted molar refractivity (Wildman–Crippen MR) is 70.0 cm³/mol. The van der Waals surface area contributed by atoms with Crippen molar-refractivity contribution in [1.29, 1.82) is 0 Å². The minimum absolute atomic E-state index is 0.747. The quantitative estimate of drug-likeness (QED) is 0.809. The van der Waals surface area contributed by atoms with Gasteiger partial charge in [0.15, 0.2) is 0 Å². The number of aromatic nitrogens is 2. The van der Waals surface area contributed by atoms with Gasteiger partial charge >= 0.3 is 0 Å². The number of likely N-dealkylation sites (tertiary alicyclic amines) is 1. The van der Waals surface area contributed by atoms with Crippen molar-refractivity contribution >= 4 is 0 Å². The third kappa shape index (κ3) is 3.82. The van der Waals surface area contributed by atoms with Crippen molar-refractivity contribution in [1.82, 2.24) is 19.8 Å². The zero-order chi connectivity index (χ0) is 11.9. The topological polar surface area (TPSA) is 33.1 Å². The molecule has 17 heavy (non-hydrogen) atoms. The molecule has 0 radical (unpaired) electrons. The number of imidazole rings is 1. The van der Waals surface area contributed by atoms with E-state index < -0.39 is 0 Å². The van der Waals surface area contributed by atoms with Gasteiger partial charge in [0.2, 0.25) is 0 Å². The van der Waals surface area contributed by atoms with Crippen molar-refractivity contribution in [3.8, 4) is 0 Å². The van der Waals surface area contributed by atoms with Gasteiger partial charge in [0.25, 0.3) is 0 Å². The fourth-order valence-corrected chi connectivity index (χ4v) is 2.70. The van der Waals surface area contributed by atoms with Crippen molar-refractivity contribution < 1.29 is 0 Å². The first-order chi connectivity index (χ1) is 8.40. The Morgan fingerprint density at radius 3 is 3.06 bits per heavy atom. The minimum Gasteiger partial charge on any atom is -0.337 e. The van der Waals surface area contributed by atoms with E-state index in [4.69, 9.17) is 0 Å². The van der Waals surface area contributed by atoms with Gasteiger partial charge in [-0.1, -0.05) is 6.42 Å². The number of nitrogens with one attached hydrogen (secondary N) is 1. The van der Waals surface area contributed by atoms with Gasteiger partial charge in [-0.05, 0) is 32.9 Å². The van der Waals surface area contributed by atoms with E-state index in [9.17, 15) is 0 Å². The third-order valence-electron chi connectivity index (χ3n) is 3.61. The maximum absolute atomic E-state index is 4.07. The first-order valence-corrected chi connectivity index (χ1v) is 6.74. The summed E-state index contributed by atoms with van der Waals surface area (Å²) in [4.78, 5) is 6.72.